The van der Waals surface area contributed by atoms with E-state index in [2.05, 4.69) is 0 Å². The summed E-state index contributed by atoms with van der Waals surface area (Å²) in [5.41, 5.74) is 0.309. The molecule has 6 heteroatoms. The molecule has 0 aliphatic carbocycles. The van der Waals surface area contributed by atoms with E-state index in [4.69, 9.17) is 25.8 Å². The first kappa shape index (κ1) is 14.0. The molecule has 0 bridgehead atoms. The second-order valence-electron chi connectivity index (χ2n) is 4.59. The summed E-state index contributed by atoms with van der Waals surface area (Å²) in [6, 6.07) is 2.99. The molecule has 0 saturated carbocycles. The first-order valence-corrected chi connectivity index (χ1v) is 6.28. The second kappa shape index (κ2) is 4.90. The number of carbonyl (C=O) groups excluding carboxylic acids is 1. The van der Waals surface area contributed by atoms with Gasteiger partial charge in [-0.15, -0.1) is 0 Å². The molecule has 104 valence electrons. The lowest BCUT2D eigenvalue weighted by Gasteiger charge is -2.16. The summed E-state index contributed by atoms with van der Waals surface area (Å²) in [5, 5.41) is 10.2. The Bertz CT molecular complexity index is 512. The van der Waals surface area contributed by atoms with Gasteiger partial charge in [0.25, 0.3) is 0 Å². The molecule has 1 aromatic carbocycles. The summed E-state index contributed by atoms with van der Waals surface area (Å²) in [6.07, 6.45) is -1.39. The first-order valence-electron chi connectivity index (χ1n) is 5.90. The van der Waals surface area contributed by atoms with Gasteiger partial charge in [-0.05, 0) is 24.6 Å². The third kappa shape index (κ3) is 2.77. The van der Waals surface area contributed by atoms with Gasteiger partial charge in [0.15, 0.2) is 17.6 Å². The molecule has 0 aromatic heterocycles. The van der Waals surface area contributed by atoms with Crippen molar-refractivity contribution >= 4 is 17.6 Å². The van der Waals surface area contributed by atoms with Crippen LogP contribution in [0, 0.1) is 0 Å². The highest BCUT2D eigenvalue weighted by Crippen LogP contribution is 2.45. The number of carbonyl (C=O) groups is 1. The lowest BCUT2D eigenvalue weighted by Crippen LogP contribution is -2.29. The maximum Gasteiger partial charge on any atom is 0.339 e. The third-order valence-electron chi connectivity index (χ3n) is 2.56. The van der Waals surface area contributed by atoms with Crippen LogP contribution in [-0.2, 0) is 9.53 Å². The van der Waals surface area contributed by atoms with Crippen molar-refractivity contribution in [1.29, 1.82) is 0 Å². The highest BCUT2D eigenvalue weighted by Gasteiger charge is 2.35. The maximum atomic E-state index is 11.5. The van der Waals surface area contributed by atoms with E-state index in [1.54, 1.807) is 20.8 Å². The number of hydrogen-bond donors (Lipinski definition) is 1. The highest BCUT2D eigenvalue weighted by molar-refractivity contribution is 6.32. The van der Waals surface area contributed by atoms with Crippen molar-refractivity contribution in [2.45, 2.75) is 32.7 Å². The number of hydrogen-bond acceptors (Lipinski definition) is 5. The van der Waals surface area contributed by atoms with Gasteiger partial charge in [0.2, 0.25) is 5.79 Å². The Morgan fingerprint density at radius 3 is 2.79 bits per heavy atom. The Hall–Kier alpha value is -1.46. The molecule has 1 aliphatic rings. The van der Waals surface area contributed by atoms with Crippen LogP contribution in [0.2, 0.25) is 5.02 Å². The fraction of sp³-hybridized carbons (Fsp3) is 0.462. The molecule has 0 radical (unpaired) electrons. The number of aliphatic hydroxyl groups is 1. The average molecular weight is 287 g/mol. The Balaban J connectivity index is 2.31. The first-order chi connectivity index (χ1) is 8.84. The van der Waals surface area contributed by atoms with E-state index >= 15 is 0 Å². The van der Waals surface area contributed by atoms with Crippen LogP contribution >= 0.6 is 11.6 Å². The Morgan fingerprint density at radius 1 is 1.47 bits per heavy atom. The van der Waals surface area contributed by atoms with Crippen molar-refractivity contribution in [1.82, 2.24) is 0 Å². The topological polar surface area (TPSA) is 65.0 Å². The zero-order valence-electron chi connectivity index (χ0n) is 10.9. The van der Waals surface area contributed by atoms with Crippen LogP contribution in [0.3, 0.4) is 0 Å². The average Bonchev–Trinajstić information content (AvgIpc) is 2.63. The molecule has 1 atom stereocenters. The molecule has 1 aliphatic heterocycles. The molecule has 1 aromatic rings. The van der Waals surface area contributed by atoms with Gasteiger partial charge in [-0.25, -0.2) is 4.79 Å². The molecular formula is C13H15ClO5. The summed E-state index contributed by atoms with van der Waals surface area (Å²) in [7, 11) is 0. The molecule has 2 rings (SSSR count). The van der Waals surface area contributed by atoms with Gasteiger partial charge in [-0.3, -0.25) is 0 Å². The van der Waals surface area contributed by atoms with E-state index in [1.807, 2.05) is 0 Å². The van der Waals surface area contributed by atoms with Gasteiger partial charge < -0.3 is 19.3 Å². The zero-order chi connectivity index (χ0) is 14.2. The van der Waals surface area contributed by atoms with E-state index in [-0.39, 0.29) is 11.6 Å². The van der Waals surface area contributed by atoms with Crippen molar-refractivity contribution in [3.8, 4) is 11.5 Å². The molecule has 1 heterocycles. The van der Waals surface area contributed by atoms with Crippen molar-refractivity contribution in [3.63, 3.8) is 0 Å². The fourth-order valence-corrected chi connectivity index (χ4v) is 2.07. The molecule has 0 fully saturated rings. The van der Waals surface area contributed by atoms with Crippen LogP contribution in [0.15, 0.2) is 12.1 Å². The largest absolute Gasteiger partial charge is 0.464 e. The normalized spacial score (nSPS) is 17.1. The monoisotopic (exact) mass is 286 g/mol. The Kier molecular flexibility index (Phi) is 3.60. The Labute approximate surface area is 116 Å². The zero-order valence-corrected chi connectivity index (χ0v) is 11.7. The minimum absolute atomic E-state index is 0.196. The van der Waals surface area contributed by atoms with Gasteiger partial charge in [-0.1, -0.05) is 11.6 Å². The van der Waals surface area contributed by atoms with Crippen LogP contribution in [-0.4, -0.2) is 23.5 Å². The van der Waals surface area contributed by atoms with Gasteiger partial charge in [0.1, 0.15) is 0 Å². The summed E-state index contributed by atoms with van der Waals surface area (Å²) in [6.45, 7) is 5.34. The fourth-order valence-electron chi connectivity index (χ4n) is 1.81. The number of halogens is 1. The number of ether oxygens (including phenoxy) is 3. The van der Waals surface area contributed by atoms with Gasteiger partial charge in [-0.2, -0.15) is 0 Å². The minimum Gasteiger partial charge on any atom is -0.464 e. The molecule has 5 nitrogen and oxygen atoms in total. The molecular weight excluding hydrogens is 272 g/mol. The molecule has 19 heavy (non-hydrogen) atoms. The van der Waals surface area contributed by atoms with Crippen molar-refractivity contribution in [2.24, 2.45) is 0 Å². The maximum absolute atomic E-state index is 11.5. The second-order valence-corrected chi connectivity index (χ2v) is 5.00. The van der Waals surface area contributed by atoms with Crippen LogP contribution in [0.25, 0.3) is 0 Å². The van der Waals surface area contributed by atoms with E-state index in [1.165, 1.54) is 12.1 Å². The number of benzene rings is 1. The predicted octanol–water partition coefficient (Wildman–Crippen LogP) is 2.44. The third-order valence-corrected chi connectivity index (χ3v) is 2.84. The molecule has 0 saturated heterocycles. The van der Waals surface area contributed by atoms with E-state index in [9.17, 15) is 9.90 Å². The van der Waals surface area contributed by atoms with Crippen LogP contribution in [0.5, 0.6) is 11.5 Å². The summed E-state index contributed by atoms with van der Waals surface area (Å²) < 4.78 is 15.8. The van der Waals surface area contributed by atoms with E-state index < -0.39 is 17.9 Å². The van der Waals surface area contributed by atoms with Crippen molar-refractivity contribution in [3.05, 3.63) is 22.7 Å². The number of fused-ring (bicyclic) bond motifs is 1. The molecule has 1 unspecified atom stereocenters. The lowest BCUT2D eigenvalue weighted by atomic mass is 10.1. The van der Waals surface area contributed by atoms with Crippen molar-refractivity contribution < 1.29 is 24.1 Å². The quantitative estimate of drug-likeness (QED) is 0.865. The van der Waals surface area contributed by atoms with E-state index in [0.29, 0.717) is 17.1 Å². The number of esters is 1. The van der Waals surface area contributed by atoms with Gasteiger partial charge in [0, 0.05) is 13.8 Å². The number of aliphatic hydroxyl groups excluding tert-OH is 1. The SMILES string of the molecule is CCOC(=O)C(O)c1cc(Cl)c2c(c1)OC(C)(C)O2. The van der Waals surface area contributed by atoms with Crippen molar-refractivity contribution in [2.75, 3.05) is 6.61 Å². The molecule has 0 amide bonds. The predicted molar refractivity (Wildman–Crippen MR) is 68.4 cm³/mol. The summed E-state index contributed by atoms with van der Waals surface area (Å²) in [5.74, 6) is -0.738. The lowest BCUT2D eigenvalue weighted by molar-refractivity contribution is -0.153. The summed E-state index contributed by atoms with van der Waals surface area (Å²) in [4.78, 5) is 11.5. The van der Waals surface area contributed by atoms with Crippen LogP contribution in [0.4, 0.5) is 0 Å². The summed E-state index contributed by atoms with van der Waals surface area (Å²) >= 11 is 6.06. The van der Waals surface area contributed by atoms with E-state index in [0.717, 1.165) is 0 Å². The van der Waals surface area contributed by atoms with Crippen LogP contribution in [0.1, 0.15) is 32.4 Å². The standard InChI is InChI=1S/C13H15ClO5/c1-4-17-12(16)10(15)7-5-8(14)11-9(6-7)18-13(2,3)19-11/h5-6,10,15H,4H2,1-3H3. The van der Waals surface area contributed by atoms with Gasteiger partial charge >= 0.3 is 5.97 Å². The Morgan fingerprint density at radius 2 is 2.16 bits per heavy atom. The number of rotatable bonds is 3. The molecule has 1 N–H and O–H groups in total. The molecule has 0 spiro atoms. The van der Waals surface area contributed by atoms with Crippen LogP contribution < -0.4 is 9.47 Å². The highest BCUT2D eigenvalue weighted by atomic mass is 35.5. The van der Waals surface area contributed by atoms with Gasteiger partial charge in [0.05, 0.1) is 11.6 Å². The smallest absolute Gasteiger partial charge is 0.339 e. The minimum atomic E-state index is -1.39.